The molecule has 0 radical (unpaired) electrons. The van der Waals surface area contributed by atoms with Crippen LogP contribution in [0.25, 0.3) is 0 Å². The molecule has 0 bridgehead atoms. The molecule has 0 spiro atoms. The molecule has 0 unspecified atom stereocenters. The van der Waals surface area contributed by atoms with Gasteiger partial charge in [-0.1, -0.05) is 121 Å². The summed E-state index contributed by atoms with van der Waals surface area (Å²) in [4.78, 5) is 0. The van der Waals surface area contributed by atoms with Gasteiger partial charge in [0.2, 0.25) is 0 Å². The van der Waals surface area contributed by atoms with Gasteiger partial charge in [0.15, 0.2) is 0 Å². The van der Waals surface area contributed by atoms with E-state index in [1.165, 1.54) is 5.56 Å². The summed E-state index contributed by atoms with van der Waals surface area (Å²) in [5.74, 6) is 0. The first kappa shape index (κ1) is 19.1. The molecule has 4 aromatic rings. The van der Waals surface area contributed by atoms with E-state index in [0.29, 0.717) is 6.54 Å². The molecular formula is C27H25NO. The van der Waals surface area contributed by atoms with E-state index in [9.17, 15) is 5.11 Å². The fourth-order valence-corrected chi connectivity index (χ4v) is 3.85. The Labute approximate surface area is 172 Å². The topological polar surface area (TPSA) is 32.3 Å². The summed E-state index contributed by atoms with van der Waals surface area (Å²) < 4.78 is 0. The second-order valence-corrected chi connectivity index (χ2v) is 7.21. The lowest BCUT2D eigenvalue weighted by atomic mass is 9.77. The summed E-state index contributed by atoms with van der Waals surface area (Å²) in [5, 5.41) is 15.9. The van der Waals surface area contributed by atoms with Crippen LogP contribution in [-0.4, -0.2) is 5.11 Å². The summed E-state index contributed by atoms with van der Waals surface area (Å²) in [6.45, 7) is 0.655. The van der Waals surface area contributed by atoms with E-state index >= 15 is 0 Å². The summed E-state index contributed by atoms with van der Waals surface area (Å²) in [5.41, 5.74) is 2.72. The van der Waals surface area contributed by atoms with Gasteiger partial charge in [-0.2, -0.15) is 0 Å². The lowest BCUT2D eigenvalue weighted by Gasteiger charge is -2.38. The van der Waals surface area contributed by atoms with Crippen LogP contribution in [0.5, 0.6) is 0 Å². The fourth-order valence-electron chi connectivity index (χ4n) is 3.85. The summed E-state index contributed by atoms with van der Waals surface area (Å²) >= 11 is 0. The van der Waals surface area contributed by atoms with E-state index in [1.807, 2.05) is 97.1 Å². The van der Waals surface area contributed by atoms with Crippen molar-refractivity contribution in [3.8, 4) is 0 Å². The molecule has 0 saturated heterocycles. The van der Waals surface area contributed by atoms with Crippen molar-refractivity contribution >= 4 is 0 Å². The molecule has 2 nitrogen and oxygen atoms in total. The van der Waals surface area contributed by atoms with Crippen LogP contribution in [0.2, 0.25) is 0 Å². The fraction of sp³-hybridized carbons (Fsp3) is 0.111. The molecule has 0 aliphatic heterocycles. The standard InChI is InChI=1S/C27H25NO/c29-27(24-17-9-3-10-18-24,25-19-11-4-12-20-25)26(23-15-7-2-8-16-23)28-21-22-13-5-1-6-14-22/h1-20,26,28-29H,21H2/t26-/m1/s1. The molecule has 0 heterocycles. The molecule has 1 atom stereocenters. The maximum atomic E-state index is 12.3. The van der Waals surface area contributed by atoms with Crippen LogP contribution in [0.1, 0.15) is 28.3 Å². The van der Waals surface area contributed by atoms with Crippen molar-refractivity contribution in [3.05, 3.63) is 144 Å². The first-order valence-electron chi connectivity index (χ1n) is 9.94. The van der Waals surface area contributed by atoms with Gasteiger partial charge in [-0.15, -0.1) is 0 Å². The predicted molar refractivity (Wildman–Crippen MR) is 118 cm³/mol. The van der Waals surface area contributed by atoms with Gasteiger partial charge in [0.25, 0.3) is 0 Å². The van der Waals surface area contributed by atoms with Gasteiger partial charge in [0, 0.05) is 6.54 Å². The molecule has 2 heteroatoms. The summed E-state index contributed by atoms with van der Waals surface area (Å²) in [7, 11) is 0. The number of rotatable bonds is 7. The second kappa shape index (κ2) is 8.87. The SMILES string of the molecule is OC(c1ccccc1)(c1ccccc1)[C@H](NCc1ccccc1)c1ccccc1. The van der Waals surface area contributed by atoms with E-state index in [2.05, 4.69) is 29.6 Å². The zero-order valence-electron chi connectivity index (χ0n) is 16.3. The van der Waals surface area contributed by atoms with E-state index in [0.717, 1.165) is 16.7 Å². The Morgan fingerprint density at radius 2 is 1.00 bits per heavy atom. The van der Waals surface area contributed by atoms with Gasteiger partial charge in [0.1, 0.15) is 5.60 Å². The highest BCUT2D eigenvalue weighted by Crippen LogP contribution is 2.41. The molecule has 0 aromatic heterocycles. The number of nitrogens with one attached hydrogen (secondary N) is 1. The van der Waals surface area contributed by atoms with Crippen LogP contribution < -0.4 is 5.32 Å². The van der Waals surface area contributed by atoms with Crippen molar-refractivity contribution in [3.63, 3.8) is 0 Å². The molecule has 4 rings (SSSR count). The van der Waals surface area contributed by atoms with Crippen LogP contribution >= 0.6 is 0 Å². The first-order valence-corrected chi connectivity index (χ1v) is 9.94. The first-order chi connectivity index (χ1) is 14.3. The van der Waals surface area contributed by atoms with Gasteiger partial charge in [-0.25, -0.2) is 0 Å². The van der Waals surface area contributed by atoms with Crippen LogP contribution in [-0.2, 0) is 12.1 Å². The Balaban J connectivity index is 1.82. The van der Waals surface area contributed by atoms with E-state index < -0.39 is 5.60 Å². The number of benzene rings is 4. The Morgan fingerprint density at radius 1 is 0.586 bits per heavy atom. The van der Waals surface area contributed by atoms with E-state index in [1.54, 1.807) is 0 Å². The maximum absolute atomic E-state index is 12.3. The zero-order chi connectivity index (χ0) is 19.9. The highest BCUT2D eigenvalue weighted by atomic mass is 16.3. The minimum atomic E-state index is -1.22. The number of hydrogen-bond donors (Lipinski definition) is 2. The molecule has 0 saturated carbocycles. The third-order valence-corrected chi connectivity index (χ3v) is 5.33. The highest BCUT2D eigenvalue weighted by molar-refractivity contribution is 5.41. The van der Waals surface area contributed by atoms with E-state index in [4.69, 9.17) is 0 Å². The molecule has 0 fully saturated rings. The lowest BCUT2D eigenvalue weighted by molar-refractivity contribution is 0.0354. The normalized spacial score (nSPS) is 12.4. The third-order valence-electron chi connectivity index (χ3n) is 5.33. The van der Waals surface area contributed by atoms with Crippen molar-refractivity contribution in [1.82, 2.24) is 5.32 Å². The molecular weight excluding hydrogens is 354 g/mol. The monoisotopic (exact) mass is 379 g/mol. The second-order valence-electron chi connectivity index (χ2n) is 7.21. The molecule has 144 valence electrons. The summed E-state index contributed by atoms with van der Waals surface area (Å²) in [6, 6.07) is 40.0. The molecule has 0 aliphatic rings. The van der Waals surface area contributed by atoms with Crippen LogP contribution in [0.3, 0.4) is 0 Å². The minimum absolute atomic E-state index is 0.325. The Kier molecular flexibility index (Phi) is 5.85. The Morgan fingerprint density at radius 3 is 1.48 bits per heavy atom. The van der Waals surface area contributed by atoms with Gasteiger partial charge >= 0.3 is 0 Å². The third kappa shape index (κ3) is 4.14. The van der Waals surface area contributed by atoms with Crippen molar-refractivity contribution in [2.75, 3.05) is 0 Å². The van der Waals surface area contributed by atoms with E-state index in [-0.39, 0.29) is 6.04 Å². The predicted octanol–water partition coefficient (Wildman–Crippen LogP) is 5.45. The molecule has 0 amide bonds. The molecule has 29 heavy (non-hydrogen) atoms. The van der Waals surface area contributed by atoms with Gasteiger partial charge in [0.05, 0.1) is 6.04 Å². The van der Waals surface area contributed by atoms with Crippen molar-refractivity contribution < 1.29 is 5.11 Å². The van der Waals surface area contributed by atoms with Crippen LogP contribution in [0.4, 0.5) is 0 Å². The Bertz CT molecular complexity index is 962. The zero-order valence-corrected chi connectivity index (χ0v) is 16.3. The van der Waals surface area contributed by atoms with Crippen molar-refractivity contribution in [2.45, 2.75) is 18.2 Å². The highest BCUT2D eigenvalue weighted by Gasteiger charge is 2.40. The molecule has 4 aromatic carbocycles. The largest absolute Gasteiger partial charge is 0.378 e. The van der Waals surface area contributed by atoms with Crippen molar-refractivity contribution in [2.24, 2.45) is 0 Å². The minimum Gasteiger partial charge on any atom is -0.378 e. The van der Waals surface area contributed by atoms with Gasteiger partial charge in [-0.3, -0.25) is 0 Å². The smallest absolute Gasteiger partial charge is 0.134 e. The number of hydrogen-bond acceptors (Lipinski definition) is 2. The summed E-state index contributed by atoms with van der Waals surface area (Å²) in [6.07, 6.45) is 0. The van der Waals surface area contributed by atoms with Gasteiger partial charge < -0.3 is 10.4 Å². The lowest BCUT2D eigenvalue weighted by Crippen LogP contribution is -2.42. The van der Waals surface area contributed by atoms with Gasteiger partial charge in [-0.05, 0) is 22.3 Å². The molecule has 2 N–H and O–H groups in total. The average molecular weight is 380 g/mol. The van der Waals surface area contributed by atoms with Crippen LogP contribution in [0.15, 0.2) is 121 Å². The maximum Gasteiger partial charge on any atom is 0.134 e. The molecule has 0 aliphatic carbocycles. The Hall–Kier alpha value is -3.20. The van der Waals surface area contributed by atoms with Crippen LogP contribution in [0, 0.1) is 0 Å². The number of aliphatic hydroxyl groups is 1. The average Bonchev–Trinajstić information content (AvgIpc) is 2.81. The quantitative estimate of drug-likeness (QED) is 0.447. The van der Waals surface area contributed by atoms with Crippen molar-refractivity contribution in [1.29, 1.82) is 0 Å².